The number of aliphatic carboxylic acids is 1. The van der Waals surface area contributed by atoms with E-state index in [-0.39, 0.29) is 18.4 Å². The molecule has 0 saturated carbocycles. The van der Waals surface area contributed by atoms with Crippen LogP contribution in [0.4, 0.5) is 4.79 Å². The van der Waals surface area contributed by atoms with E-state index >= 15 is 0 Å². The minimum absolute atomic E-state index is 0.0597. The van der Waals surface area contributed by atoms with E-state index in [9.17, 15) is 9.59 Å². The first-order valence-electron chi connectivity index (χ1n) is 6.56. The number of rotatable bonds is 6. The Labute approximate surface area is 114 Å². The summed E-state index contributed by atoms with van der Waals surface area (Å²) in [6, 6.07) is -0.0603. The molecule has 1 aliphatic heterocycles. The van der Waals surface area contributed by atoms with E-state index in [0.717, 1.165) is 12.8 Å². The van der Waals surface area contributed by atoms with E-state index in [1.807, 2.05) is 0 Å². The van der Waals surface area contributed by atoms with Crippen molar-refractivity contribution in [2.75, 3.05) is 26.2 Å². The van der Waals surface area contributed by atoms with Gasteiger partial charge in [-0.25, -0.2) is 4.79 Å². The quantitative estimate of drug-likeness (QED) is 0.748. The third-order valence-corrected chi connectivity index (χ3v) is 3.22. The number of amides is 2. The minimum atomic E-state index is -0.798. The Bertz CT molecular complexity index is 345. The van der Waals surface area contributed by atoms with Gasteiger partial charge in [0.15, 0.2) is 0 Å². The fraction of sp³-hybridized carbons (Fsp3) is 0.571. The van der Waals surface area contributed by atoms with Crippen LogP contribution in [0, 0.1) is 5.92 Å². The monoisotopic (exact) mass is 266 g/mol. The molecule has 106 valence electrons. The van der Waals surface area contributed by atoms with E-state index in [0.29, 0.717) is 26.2 Å². The Kier molecular flexibility index (Phi) is 6.12. The third-order valence-electron chi connectivity index (χ3n) is 3.22. The van der Waals surface area contributed by atoms with Crippen LogP contribution in [-0.2, 0) is 4.79 Å². The maximum Gasteiger partial charge on any atom is 0.320 e. The first-order valence-corrected chi connectivity index (χ1v) is 6.56. The fourth-order valence-corrected chi connectivity index (χ4v) is 2.39. The van der Waals surface area contributed by atoms with Crippen LogP contribution in [0.1, 0.15) is 19.3 Å². The molecule has 1 N–H and O–H groups in total. The maximum absolute atomic E-state index is 12.3. The molecule has 1 fully saturated rings. The molecule has 0 aromatic rings. The number of hydrogen-bond acceptors (Lipinski definition) is 2. The number of urea groups is 1. The molecule has 1 atom stereocenters. The molecule has 19 heavy (non-hydrogen) atoms. The van der Waals surface area contributed by atoms with Gasteiger partial charge in [0.05, 0.1) is 0 Å². The van der Waals surface area contributed by atoms with Crippen LogP contribution >= 0.6 is 0 Å². The van der Waals surface area contributed by atoms with E-state index in [2.05, 4.69) is 13.2 Å². The Hall–Kier alpha value is -1.78. The molecule has 0 aromatic heterocycles. The minimum Gasteiger partial charge on any atom is -0.481 e. The van der Waals surface area contributed by atoms with Crippen molar-refractivity contribution in [3.05, 3.63) is 25.3 Å². The van der Waals surface area contributed by atoms with Crippen molar-refractivity contribution in [3.8, 4) is 0 Å². The summed E-state index contributed by atoms with van der Waals surface area (Å²) in [5.74, 6) is -0.738. The highest BCUT2D eigenvalue weighted by atomic mass is 16.4. The topological polar surface area (TPSA) is 60.9 Å². The lowest BCUT2D eigenvalue weighted by atomic mass is 9.95. The summed E-state index contributed by atoms with van der Waals surface area (Å²) in [6.45, 7) is 9.45. The second-order valence-corrected chi connectivity index (χ2v) is 4.82. The molecule has 0 radical (unpaired) electrons. The van der Waals surface area contributed by atoms with Crippen molar-refractivity contribution in [2.24, 2.45) is 5.92 Å². The highest BCUT2D eigenvalue weighted by molar-refractivity contribution is 5.75. The van der Waals surface area contributed by atoms with E-state index < -0.39 is 5.97 Å². The van der Waals surface area contributed by atoms with Gasteiger partial charge in [0.2, 0.25) is 0 Å². The van der Waals surface area contributed by atoms with Crippen molar-refractivity contribution in [3.63, 3.8) is 0 Å². The molecule has 1 heterocycles. The van der Waals surface area contributed by atoms with Gasteiger partial charge in [0.25, 0.3) is 0 Å². The maximum atomic E-state index is 12.3. The molecule has 1 saturated heterocycles. The van der Waals surface area contributed by atoms with E-state index in [4.69, 9.17) is 5.11 Å². The zero-order chi connectivity index (χ0) is 14.3. The largest absolute Gasteiger partial charge is 0.481 e. The lowest BCUT2D eigenvalue weighted by Crippen LogP contribution is -2.48. The fourth-order valence-electron chi connectivity index (χ4n) is 2.39. The highest BCUT2D eigenvalue weighted by Gasteiger charge is 2.27. The summed E-state index contributed by atoms with van der Waals surface area (Å²) in [6.07, 6.45) is 5.23. The number of carboxylic acids is 1. The summed E-state index contributed by atoms with van der Waals surface area (Å²) in [5.41, 5.74) is 0. The first-order chi connectivity index (χ1) is 9.08. The number of hydrogen-bond donors (Lipinski definition) is 1. The van der Waals surface area contributed by atoms with E-state index in [1.165, 1.54) is 0 Å². The van der Waals surface area contributed by atoms with Crippen molar-refractivity contribution in [1.29, 1.82) is 0 Å². The van der Waals surface area contributed by atoms with Crippen molar-refractivity contribution < 1.29 is 14.7 Å². The lowest BCUT2D eigenvalue weighted by molar-refractivity contribution is -0.138. The van der Waals surface area contributed by atoms with Gasteiger partial charge in [-0.15, -0.1) is 13.2 Å². The van der Waals surface area contributed by atoms with Gasteiger partial charge < -0.3 is 14.9 Å². The van der Waals surface area contributed by atoms with Crippen molar-refractivity contribution in [2.45, 2.75) is 19.3 Å². The highest BCUT2D eigenvalue weighted by Crippen LogP contribution is 2.20. The zero-order valence-electron chi connectivity index (χ0n) is 11.3. The second kappa shape index (κ2) is 7.61. The molecule has 5 nitrogen and oxygen atoms in total. The number of carbonyl (C=O) groups excluding carboxylic acids is 1. The normalized spacial score (nSPS) is 18.7. The smallest absolute Gasteiger partial charge is 0.320 e. The Morgan fingerprint density at radius 3 is 2.47 bits per heavy atom. The molecule has 0 aliphatic carbocycles. The molecular formula is C14H22N2O3. The predicted octanol–water partition coefficient (Wildman–Crippen LogP) is 1.97. The third kappa shape index (κ3) is 4.77. The Balaban J connectivity index is 2.61. The number of likely N-dealkylation sites (tertiary alicyclic amines) is 1. The molecule has 0 aromatic carbocycles. The van der Waals surface area contributed by atoms with Crippen LogP contribution in [-0.4, -0.2) is 53.1 Å². The lowest BCUT2D eigenvalue weighted by Gasteiger charge is -2.35. The van der Waals surface area contributed by atoms with Crippen LogP contribution < -0.4 is 0 Å². The molecule has 5 heteroatoms. The van der Waals surface area contributed by atoms with Crippen LogP contribution in [0.15, 0.2) is 25.3 Å². The molecule has 0 bridgehead atoms. The van der Waals surface area contributed by atoms with Crippen molar-refractivity contribution in [1.82, 2.24) is 9.80 Å². The standard InChI is InChI=1S/C14H22N2O3/c1-3-7-15(8-4-2)14(19)16-9-5-6-12(11-16)10-13(17)18/h3-4,12H,1-2,5-11H2,(H,17,18). The van der Waals surface area contributed by atoms with Crippen LogP contribution in [0.2, 0.25) is 0 Å². The number of nitrogens with zero attached hydrogens (tertiary/aromatic N) is 2. The van der Waals surface area contributed by atoms with Gasteiger partial charge in [-0.05, 0) is 18.8 Å². The molecule has 0 spiro atoms. The SMILES string of the molecule is C=CCN(CC=C)C(=O)N1CCCC(CC(=O)O)C1. The average Bonchev–Trinajstić information content (AvgIpc) is 2.37. The summed E-state index contributed by atoms with van der Waals surface area (Å²) < 4.78 is 0. The molecule has 1 unspecified atom stereocenters. The summed E-state index contributed by atoms with van der Waals surface area (Å²) in [7, 11) is 0. The second-order valence-electron chi connectivity index (χ2n) is 4.82. The molecule has 2 amide bonds. The van der Waals surface area contributed by atoms with Crippen LogP contribution in [0.5, 0.6) is 0 Å². The predicted molar refractivity (Wildman–Crippen MR) is 73.9 cm³/mol. The van der Waals surface area contributed by atoms with Gasteiger partial charge in [-0.2, -0.15) is 0 Å². The average molecular weight is 266 g/mol. The van der Waals surface area contributed by atoms with Crippen LogP contribution in [0.3, 0.4) is 0 Å². The van der Waals surface area contributed by atoms with Gasteiger partial charge in [-0.3, -0.25) is 4.79 Å². The van der Waals surface area contributed by atoms with Gasteiger partial charge >= 0.3 is 12.0 Å². The van der Waals surface area contributed by atoms with Crippen molar-refractivity contribution >= 4 is 12.0 Å². The summed E-state index contributed by atoms with van der Waals surface area (Å²) in [5, 5.41) is 8.83. The zero-order valence-corrected chi connectivity index (χ0v) is 11.3. The molecule has 1 aliphatic rings. The summed E-state index contributed by atoms with van der Waals surface area (Å²) >= 11 is 0. The Morgan fingerprint density at radius 2 is 1.95 bits per heavy atom. The molecular weight excluding hydrogens is 244 g/mol. The first kappa shape index (κ1) is 15.3. The van der Waals surface area contributed by atoms with Gasteiger partial charge in [0.1, 0.15) is 0 Å². The van der Waals surface area contributed by atoms with Gasteiger partial charge in [0, 0.05) is 32.6 Å². The number of carbonyl (C=O) groups is 2. The number of carboxylic acid groups (broad SMARTS) is 1. The Morgan fingerprint density at radius 1 is 1.32 bits per heavy atom. The van der Waals surface area contributed by atoms with Crippen LogP contribution in [0.25, 0.3) is 0 Å². The summed E-state index contributed by atoms with van der Waals surface area (Å²) in [4.78, 5) is 26.5. The molecule has 1 rings (SSSR count). The van der Waals surface area contributed by atoms with E-state index in [1.54, 1.807) is 22.0 Å². The number of piperidine rings is 1. The van der Waals surface area contributed by atoms with Gasteiger partial charge in [-0.1, -0.05) is 12.2 Å².